The highest BCUT2D eigenvalue weighted by molar-refractivity contribution is 5.83. The Hall–Kier alpha value is -2.13. The summed E-state index contributed by atoms with van der Waals surface area (Å²) in [4.78, 5) is 12.9. The van der Waals surface area contributed by atoms with E-state index < -0.39 is 0 Å². The normalized spacial score (nSPS) is 16.9. The van der Waals surface area contributed by atoms with Crippen molar-refractivity contribution >= 4 is 5.91 Å². The van der Waals surface area contributed by atoms with Crippen LogP contribution in [0.5, 0.6) is 0 Å². The maximum atomic E-state index is 12.9. The number of hydrogen-bond donors (Lipinski definition) is 2. The summed E-state index contributed by atoms with van der Waals surface area (Å²) in [6.07, 6.45) is 2.84. The number of rotatable bonds is 6. The molecule has 3 rings (SSSR count). The first-order valence-corrected chi connectivity index (χ1v) is 9.07. The molecular weight excluding hydrogens is 308 g/mol. The minimum Gasteiger partial charge on any atom is -0.350 e. The van der Waals surface area contributed by atoms with Gasteiger partial charge in [-0.05, 0) is 51.2 Å². The first-order chi connectivity index (χ1) is 11.9. The molecule has 0 aliphatic heterocycles. The standard InChI is InChI=1S/C22H28N2O/c1-21(2,3)24-20(25)19(16-17-10-6-4-7-11-17)23-22(14-15-22)18-12-8-5-9-13-18/h4-13,19,23H,14-16H2,1-3H3,(H,24,25). The molecule has 0 radical (unpaired) electrons. The third-order valence-corrected chi connectivity index (χ3v) is 4.62. The zero-order valence-electron chi connectivity index (χ0n) is 15.4. The summed E-state index contributed by atoms with van der Waals surface area (Å²) in [7, 11) is 0. The number of amides is 1. The van der Waals surface area contributed by atoms with Crippen LogP contribution in [-0.4, -0.2) is 17.5 Å². The summed E-state index contributed by atoms with van der Waals surface area (Å²) in [5.41, 5.74) is 2.15. The molecule has 25 heavy (non-hydrogen) atoms. The fourth-order valence-electron chi connectivity index (χ4n) is 3.25. The molecule has 3 heteroatoms. The Balaban J connectivity index is 1.80. The van der Waals surface area contributed by atoms with Crippen LogP contribution in [0.25, 0.3) is 0 Å². The molecule has 0 bridgehead atoms. The van der Waals surface area contributed by atoms with Crippen molar-refractivity contribution < 1.29 is 4.79 Å². The summed E-state index contributed by atoms with van der Waals surface area (Å²) < 4.78 is 0. The maximum absolute atomic E-state index is 12.9. The lowest BCUT2D eigenvalue weighted by Crippen LogP contribution is -2.54. The highest BCUT2D eigenvalue weighted by Gasteiger charge is 2.46. The number of carbonyl (C=O) groups excluding carboxylic acids is 1. The summed E-state index contributed by atoms with van der Waals surface area (Å²) in [5, 5.41) is 6.82. The summed E-state index contributed by atoms with van der Waals surface area (Å²) in [5.74, 6) is 0.0681. The molecule has 2 aromatic rings. The van der Waals surface area contributed by atoms with Crippen LogP contribution in [0.1, 0.15) is 44.7 Å². The lowest BCUT2D eigenvalue weighted by Gasteiger charge is -2.29. The molecule has 0 spiro atoms. The Morgan fingerprint density at radius 3 is 2.08 bits per heavy atom. The second-order valence-corrected chi connectivity index (χ2v) is 8.07. The van der Waals surface area contributed by atoms with Gasteiger partial charge in [-0.1, -0.05) is 60.7 Å². The molecule has 1 aliphatic rings. The van der Waals surface area contributed by atoms with Crippen LogP contribution < -0.4 is 10.6 Å². The lowest BCUT2D eigenvalue weighted by atomic mass is 9.99. The third-order valence-electron chi connectivity index (χ3n) is 4.62. The molecule has 2 aromatic carbocycles. The Morgan fingerprint density at radius 1 is 1.00 bits per heavy atom. The molecule has 0 heterocycles. The number of nitrogens with one attached hydrogen (secondary N) is 2. The number of hydrogen-bond acceptors (Lipinski definition) is 2. The second kappa shape index (κ2) is 7.01. The monoisotopic (exact) mass is 336 g/mol. The maximum Gasteiger partial charge on any atom is 0.237 e. The van der Waals surface area contributed by atoms with Gasteiger partial charge in [0.2, 0.25) is 5.91 Å². The molecule has 0 aromatic heterocycles. The van der Waals surface area contributed by atoms with Crippen molar-refractivity contribution in [3.63, 3.8) is 0 Å². The molecule has 1 unspecified atom stereocenters. The van der Waals surface area contributed by atoms with Gasteiger partial charge in [-0.15, -0.1) is 0 Å². The minimum atomic E-state index is -0.246. The quantitative estimate of drug-likeness (QED) is 0.842. The van der Waals surface area contributed by atoms with Gasteiger partial charge >= 0.3 is 0 Å². The van der Waals surface area contributed by atoms with Crippen molar-refractivity contribution in [3.8, 4) is 0 Å². The molecule has 0 saturated heterocycles. The van der Waals surface area contributed by atoms with Crippen LogP contribution in [0.4, 0.5) is 0 Å². The van der Waals surface area contributed by atoms with Crippen LogP contribution >= 0.6 is 0 Å². The van der Waals surface area contributed by atoms with Gasteiger partial charge in [-0.25, -0.2) is 0 Å². The van der Waals surface area contributed by atoms with Crippen molar-refractivity contribution in [1.82, 2.24) is 10.6 Å². The smallest absolute Gasteiger partial charge is 0.237 e. The molecule has 1 fully saturated rings. The first-order valence-electron chi connectivity index (χ1n) is 9.07. The van der Waals surface area contributed by atoms with Crippen molar-refractivity contribution in [2.45, 2.75) is 57.2 Å². The topological polar surface area (TPSA) is 41.1 Å². The van der Waals surface area contributed by atoms with Gasteiger partial charge in [0.15, 0.2) is 0 Å². The largest absolute Gasteiger partial charge is 0.350 e. The Labute approximate surface area is 150 Å². The molecular formula is C22H28N2O. The van der Waals surface area contributed by atoms with E-state index in [4.69, 9.17) is 0 Å². The Bertz CT molecular complexity index is 700. The zero-order chi connectivity index (χ0) is 17.9. The first kappa shape index (κ1) is 17.7. The molecule has 1 saturated carbocycles. The van der Waals surface area contributed by atoms with Crippen LogP contribution in [0, 0.1) is 0 Å². The van der Waals surface area contributed by atoms with E-state index in [1.807, 2.05) is 45.0 Å². The van der Waals surface area contributed by atoms with E-state index in [1.54, 1.807) is 0 Å². The van der Waals surface area contributed by atoms with Gasteiger partial charge in [-0.3, -0.25) is 10.1 Å². The van der Waals surface area contributed by atoms with Crippen molar-refractivity contribution in [2.75, 3.05) is 0 Å². The highest BCUT2D eigenvalue weighted by Crippen LogP contribution is 2.45. The Kier molecular flexibility index (Phi) is 4.96. The summed E-state index contributed by atoms with van der Waals surface area (Å²) in [6.45, 7) is 6.07. The Morgan fingerprint density at radius 2 is 1.56 bits per heavy atom. The van der Waals surface area contributed by atoms with E-state index in [-0.39, 0.29) is 23.0 Å². The molecule has 1 amide bonds. The van der Waals surface area contributed by atoms with Gasteiger partial charge in [0.1, 0.15) is 0 Å². The predicted molar refractivity (Wildman–Crippen MR) is 102 cm³/mol. The van der Waals surface area contributed by atoms with E-state index in [9.17, 15) is 4.79 Å². The highest BCUT2D eigenvalue weighted by atomic mass is 16.2. The van der Waals surface area contributed by atoms with E-state index in [0.717, 1.165) is 12.8 Å². The van der Waals surface area contributed by atoms with E-state index >= 15 is 0 Å². The zero-order valence-corrected chi connectivity index (χ0v) is 15.4. The number of benzene rings is 2. The fraction of sp³-hybridized carbons (Fsp3) is 0.409. The predicted octanol–water partition coefficient (Wildman–Crippen LogP) is 3.79. The van der Waals surface area contributed by atoms with Crippen LogP contribution in [0.15, 0.2) is 60.7 Å². The minimum absolute atomic E-state index is 0.0596. The SMILES string of the molecule is CC(C)(C)NC(=O)C(Cc1ccccc1)NC1(c2ccccc2)CC1. The molecule has 1 aliphatic carbocycles. The van der Waals surface area contributed by atoms with Gasteiger partial charge in [0.05, 0.1) is 6.04 Å². The molecule has 2 N–H and O–H groups in total. The summed E-state index contributed by atoms with van der Waals surface area (Å²) in [6, 6.07) is 20.5. The van der Waals surface area contributed by atoms with Gasteiger partial charge in [0.25, 0.3) is 0 Å². The van der Waals surface area contributed by atoms with E-state index in [1.165, 1.54) is 11.1 Å². The van der Waals surface area contributed by atoms with Crippen molar-refractivity contribution in [1.29, 1.82) is 0 Å². The average molecular weight is 336 g/mol. The van der Waals surface area contributed by atoms with Gasteiger partial charge < -0.3 is 5.32 Å². The lowest BCUT2D eigenvalue weighted by molar-refractivity contribution is -0.124. The van der Waals surface area contributed by atoms with Gasteiger partial charge in [0, 0.05) is 11.1 Å². The molecule has 132 valence electrons. The van der Waals surface area contributed by atoms with E-state index in [0.29, 0.717) is 6.42 Å². The fourth-order valence-corrected chi connectivity index (χ4v) is 3.25. The second-order valence-electron chi connectivity index (χ2n) is 8.07. The van der Waals surface area contributed by atoms with Crippen LogP contribution in [0.3, 0.4) is 0 Å². The number of carbonyl (C=O) groups is 1. The van der Waals surface area contributed by atoms with Crippen LogP contribution in [-0.2, 0) is 16.8 Å². The summed E-state index contributed by atoms with van der Waals surface area (Å²) >= 11 is 0. The third kappa shape index (κ3) is 4.70. The van der Waals surface area contributed by atoms with Gasteiger partial charge in [-0.2, -0.15) is 0 Å². The van der Waals surface area contributed by atoms with E-state index in [2.05, 4.69) is 47.0 Å². The van der Waals surface area contributed by atoms with Crippen LogP contribution in [0.2, 0.25) is 0 Å². The van der Waals surface area contributed by atoms with Crippen molar-refractivity contribution in [3.05, 3.63) is 71.8 Å². The average Bonchev–Trinajstić information content (AvgIpc) is 3.35. The van der Waals surface area contributed by atoms with Crippen molar-refractivity contribution in [2.24, 2.45) is 0 Å². The molecule has 1 atom stereocenters. The molecule has 3 nitrogen and oxygen atoms in total.